The lowest BCUT2D eigenvalue weighted by Crippen LogP contribution is -2.23. The smallest absolute Gasteiger partial charge is 0.306 e. The second-order valence-corrected chi connectivity index (χ2v) is 7.65. The second kappa shape index (κ2) is 8.50. The van der Waals surface area contributed by atoms with Crippen LogP contribution in [0, 0.1) is 17.8 Å². The van der Waals surface area contributed by atoms with Crippen molar-refractivity contribution in [1.82, 2.24) is 0 Å². The second-order valence-electron chi connectivity index (χ2n) is 7.65. The molecule has 1 aromatic rings. The molecule has 0 spiro atoms. The van der Waals surface area contributed by atoms with E-state index in [0.29, 0.717) is 18.3 Å². The van der Waals surface area contributed by atoms with E-state index in [1.807, 2.05) is 24.3 Å². The molecule has 2 bridgehead atoms. The summed E-state index contributed by atoms with van der Waals surface area (Å²) in [7, 11) is 0. The largest absolute Gasteiger partial charge is 0.456 e. The molecule has 1 amide bonds. The number of fused-ring (bicyclic) bond motifs is 2. The minimum Gasteiger partial charge on any atom is -0.456 e. The van der Waals surface area contributed by atoms with Gasteiger partial charge >= 0.3 is 5.97 Å². The van der Waals surface area contributed by atoms with Gasteiger partial charge in [-0.3, -0.25) is 9.59 Å². The third-order valence-electron chi connectivity index (χ3n) is 5.73. The molecule has 0 radical (unpaired) electrons. The Labute approximate surface area is 150 Å². The van der Waals surface area contributed by atoms with Gasteiger partial charge in [-0.25, -0.2) is 0 Å². The van der Waals surface area contributed by atoms with Crippen LogP contribution in [0.4, 0.5) is 5.69 Å². The first-order valence-electron chi connectivity index (χ1n) is 9.68. The average molecular weight is 343 g/mol. The first-order chi connectivity index (χ1) is 12.1. The van der Waals surface area contributed by atoms with Crippen LogP contribution in [-0.4, -0.2) is 18.5 Å². The van der Waals surface area contributed by atoms with E-state index in [0.717, 1.165) is 24.4 Å². The Morgan fingerprint density at radius 2 is 1.96 bits per heavy atom. The summed E-state index contributed by atoms with van der Waals surface area (Å²) in [5.41, 5.74) is 2.02. The standard InChI is InChI=1S/C21H29NO3/c1-2-3-4-15-6-9-19(10-7-15)22-20(23)14-25-21(24)13-18-12-16-5-8-17(18)11-16/h6-7,9-10,16-18H,2-5,8,11-14H2,1H3,(H,22,23)/t16-,17-,18+/m0/s1. The first-order valence-corrected chi connectivity index (χ1v) is 9.68. The van der Waals surface area contributed by atoms with E-state index in [-0.39, 0.29) is 18.5 Å². The molecule has 2 fully saturated rings. The summed E-state index contributed by atoms with van der Waals surface area (Å²) in [6, 6.07) is 7.87. The predicted molar refractivity (Wildman–Crippen MR) is 98.2 cm³/mol. The molecular weight excluding hydrogens is 314 g/mol. The summed E-state index contributed by atoms with van der Waals surface area (Å²) in [5.74, 6) is 1.50. The van der Waals surface area contributed by atoms with Crippen LogP contribution in [0.25, 0.3) is 0 Å². The van der Waals surface area contributed by atoms with Crippen LogP contribution >= 0.6 is 0 Å². The van der Waals surface area contributed by atoms with E-state index in [1.165, 1.54) is 37.7 Å². The number of rotatable bonds is 8. The van der Waals surface area contributed by atoms with Crippen molar-refractivity contribution in [3.05, 3.63) is 29.8 Å². The number of benzene rings is 1. The number of carbonyl (C=O) groups is 2. The third kappa shape index (κ3) is 5.07. The molecule has 1 N–H and O–H groups in total. The highest BCUT2D eigenvalue weighted by Crippen LogP contribution is 2.49. The Hall–Kier alpha value is -1.84. The summed E-state index contributed by atoms with van der Waals surface area (Å²) in [6.45, 7) is 1.98. The SMILES string of the molecule is CCCCc1ccc(NC(=O)COC(=O)C[C@H]2C[C@H]3CC[C@H]2C3)cc1. The summed E-state index contributed by atoms with van der Waals surface area (Å²) in [6.07, 6.45) is 8.92. The molecule has 1 aromatic carbocycles. The van der Waals surface area contributed by atoms with Crippen molar-refractivity contribution in [2.24, 2.45) is 17.8 Å². The molecule has 25 heavy (non-hydrogen) atoms. The van der Waals surface area contributed by atoms with Crippen LogP contribution in [0.15, 0.2) is 24.3 Å². The highest BCUT2D eigenvalue weighted by atomic mass is 16.5. The van der Waals surface area contributed by atoms with Crippen molar-refractivity contribution in [3.63, 3.8) is 0 Å². The van der Waals surface area contributed by atoms with Gasteiger partial charge in [0.15, 0.2) is 6.61 Å². The molecule has 4 heteroatoms. The zero-order chi connectivity index (χ0) is 17.6. The van der Waals surface area contributed by atoms with Crippen molar-refractivity contribution >= 4 is 17.6 Å². The van der Waals surface area contributed by atoms with Gasteiger partial charge in [0.2, 0.25) is 0 Å². The van der Waals surface area contributed by atoms with Crippen molar-refractivity contribution in [1.29, 1.82) is 0 Å². The quantitative estimate of drug-likeness (QED) is 0.715. The normalized spacial score (nSPS) is 24.3. The van der Waals surface area contributed by atoms with Gasteiger partial charge in [0.25, 0.3) is 5.91 Å². The van der Waals surface area contributed by atoms with E-state index in [1.54, 1.807) is 0 Å². The Kier molecular flexibility index (Phi) is 6.11. The van der Waals surface area contributed by atoms with Gasteiger partial charge in [0.05, 0.1) is 0 Å². The van der Waals surface area contributed by atoms with E-state index < -0.39 is 0 Å². The van der Waals surface area contributed by atoms with Crippen molar-refractivity contribution in [2.45, 2.75) is 58.3 Å². The first kappa shape index (κ1) is 18.0. The molecule has 3 rings (SSSR count). The lowest BCUT2D eigenvalue weighted by Gasteiger charge is -2.20. The molecule has 4 nitrogen and oxygen atoms in total. The molecular formula is C21H29NO3. The van der Waals surface area contributed by atoms with Gasteiger partial charge in [-0.15, -0.1) is 0 Å². The molecule has 0 aliphatic heterocycles. The molecule has 136 valence electrons. The minimum atomic E-state index is -0.275. The Balaban J connectivity index is 1.36. The van der Waals surface area contributed by atoms with Crippen LogP contribution in [-0.2, 0) is 20.7 Å². The van der Waals surface area contributed by atoms with Gasteiger partial charge in [-0.05, 0) is 67.6 Å². The van der Waals surface area contributed by atoms with E-state index >= 15 is 0 Å². The van der Waals surface area contributed by atoms with Crippen LogP contribution in [0.5, 0.6) is 0 Å². The Bertz CT molecular complexity index is 596. The minimum absolute atomic E-state index is 0.197. The van der Waals surface area contributed by atoms with Crippen LogP contribution in [0.1, 0.15) is 57.4 Å². The van der Waals surface area contributed by atoms with Gasteiger partial charge in [-0.2, -0.15) is 0 Å². The number of anilines is 1. The fourth-order valence-corrected chi connectivity index (χ4v) is 4.38. The maximum atomic E-state index is 12.0. The molecule has 2 aliphatic rings. The van der Waals surface area contributed by atoms with Crippen LogP contribution in [0.2, 0.25) is 0 Å². The van der Waals surface area contributed by atoms with Gasteiger partial charge in [-0.1, -0.05) is 31.9 Å². The van der Waals surface area contributed by atoms with Gasteiger partial charge < -0.3 is 10.1 Å². The van der Waals surface area contributed by atoms with Crippen LogP contribution in [0.3, 0.4) is 0 Å². The Morgan fingerprint density at radius 3 is 2.60 bits per heavy atom. The lowest BCUT2D eigenvalue weighted by atomic mass is 9.86. The van der Waals surface area contributed by atoms with Gasteiger partial charge in [0.1, 0.15) is 0 Å². The highest BCUT2D eigenvalue weighted by molar-refractivity contribution is 5.92. The zero-order valence-corrected chi connectivity index (χ0v) is 15.1. The summed E-state index contributed by atoms with van der Waals surface area (Å²) in [4.78, 5) is 23.9. The number of nitrogens with one attached hydrogen (secondary N) is 1. The number of carbonyl (C=O) groups excluding carboxylic acids is 2. The monoisotopic (exact) mass is 343 g/mol. The fourth-order valence-electron chi connectivity index (χ4n) is 4.38. The van der Waals surface area contributed by atoms with Crippen molar-refractivity contribution in [3.8, 4) is 0 Å². The maximum absolute atomic E-state index is 12.0. The number of ether oxygens (including phenoxy) is 1. The lowest BCUT2D eigenvalue weighted by molar-refractivity contribution is -0.148. The third-order valence-corrected chi connectivity index (χ3v) is 5.73. The van der Waals surface area contributed by atoms with E-state index in [4.69, 9.17) is 4.74 Å². The number of esters is 1. The maximum Gasteiger partial charge on any atom is 0.306 e. The molecule has 0 saturated heterocycles. The van der Waals surface area contributed by atoms with E-state index in [2.05, 4.69) is 12.2 Å². The predicted octanol–water partition coefficient (Wildman–Crippen LogP) is 4.34. The van der Waals surface area contributed by atoms with E-state index in [9.17, 15) is 9.59 Å². The highest BCUT2D eigenvalue weighted by Gasteiger charge is 2.40. The molecule has 2 saturated carbocycles. The number of aryl methyl sites for hydroxylation is 1. The molecule has 2 aliphatic carbocycles. The molecule has 3 atom stereocenters. The van der Waals surface area contributed by atoms with Gasteiger partial charge in [0, 0.05) is 12.1 Å². The van der Waals surface area contributed by atoms with Crippen molar-refractivity contribution < 1.29 is 14.3 Å². The summed E-state index contributed by atoms with van der Waals surface area (Å²) in [5, 5.41) is 2.79. The number of hydrogen-bond acceptors (Lipinski definition) is 3. The van der Waals surface area contributed by atoms with Crippen molar-refractivity contribution in [2.75, 3.05) is 11.9 Å². The molecule has 0 unspecified atom stereocenters. The zero-order valence-electron chi connectivity index (χ0n) is 15.1. The fraction of sp³-hybridized carbons (Fsp3) is 0.619. The average Bonchev–Trinajstić information content (AvgIpc) is 3.22. The Morgan fingerprint density at radius 1 is 1.16 bits per heavy atom. The summed E-state index contributed by atoms with van der Waals surface area (Å²) >= 11 is 0. The summed E-state index contributed by atoms with van der Waals surface area (Å²) < 4.78 is 5.17. The number of amides is 1. The molecule has 0 aromatic heterocycles. The molecule has 0 heterocycles. The number of hydrogen-bond donors (Lipinski definition) is 1. The van der Waals surface area contributed by atoms with Crippen LogP contribution < -0.4 is 5.32 Å². The topological polar surface area (TPSA) is 55.4 Å². The number of unbranched alkanes of at least 4 members (excludes halogenated alkanes) is 1.